The van der Waals surface area contributed by atoms with Crippen molar-refractivity contribution in [2.75, 3.05) is 5.32 Å². The lowest BCUT2D eigenvalue weighted by Crippen LogP contribution is -2.13. The van der Waals surface area contributed by atoms with E-state index < -0.39 is 0 Å². The Morgan fingerprint density at radius 3 is 2.41 bits per heavy atom. The Bertz CT molecular complexity index is 1280. The van der Waals surface area contributed by atoms with E-state index in [1.54, 1.807) is 36.5 Å². The van der Waals surface area contributed by atoms with Crippen LogP contribution in [0.1, 0.15) is 32.9 Å². The molecule has 0 aliphatic carbocycles. The van der Waals surface area contributed by atoms with Crippen molar-refractivity contribution in [1.82, 2.24) is 19.6 Å². The third kappa shape index (κ3) is 4.69. The zero-order valence-electron chi connectivity index (χ0n) is 17.4. The van der Waals surface area contributed by atoms with Crippen molar-refractivity contribution >= 4 is 34.9 Å². The molecule has 0 bridgehead atoms. The van der Waals surface area contributed by atoms with E-state index in [1.165, 1.54) is 10.7 Å². The lowest BCUT2D eigenvalue weighted by molar-refractivity contribution is 0.102. The standard InChI is InChI=1S/C23H20Cl2FN5O/c1-14-21(25)15(2)31(28-14)11-16-7-9-17(10-8-16)23(32)27-22-19(24)13-30(29-22)12-18-5-3-4-6-20(18)26/h3-10,13H,11-12H2,1-2H3,(H,27,29,32). The van der Waals surface area contributed by atoms with E-state index in [1.807, 2.05) is 30.7 Å². The predicted molar refractivity (Wildman–Crippen MR) is 123 cm³/mol. The molecule has 0 unspecified atom stereocenters. The molecule has 4 rings (SSSR count). The zero-order chi connectivity index (χ0) is 22.8. The molecule has 0 fully saturated rings. The van der Waals surface area contributed by atoms with E-state index in [2.05, 4.69) is 15.5 Å². The van der Waals surface area contributed by atoms with Crippen LogP contribution in [0.4, 0.5) is 10.2 Å². The van der Waals surface area contributed by atoms with Gasteiger partial charge in [0.05, 0.1) is 29.5 Å². The minimum atomic E-state index is -0.344. The first-order valence-corrected chi connectivity index (χ1v) is 10.6. The summed E-state index contributed by atoms with van der Waals surface area (Å²) in [5.74, 6) is -0.453. The summed E-state index contributed by atoms with van der Waals surface area (Å²) in [5.41, 5.74) is 3.60. The van der Waals surface area contributed by atoms with Crippen molar-refractivity contribution in [2.24, 2.45) is 0 Å². The third-order valence-electron chi connectivity index (χ3n) is 5.08. The fraction of sp³-hybridized carbons (Fsp3) is 0.174. The second-order valence-electron chi connectivity index (χ2n) is 7.41. The van der Waals surface area contributed by atoms with Crippen molar-refractivity contribution in [3.8, 4) is 0 Å². The van der Waals surface area contributed by atoms with Crippen molar-refractivity contribution in [2.45, 2.75) is 26.9 Å². The molecule has 2 heterocycles. The maximum atomic E-state index is 13.9. The summed E-state index contributed by atoms with van der Waals surface area (Å²) in [6.45, 7) is 4.53. The lowest BCUT2D eigenvalue weighted by atomic mass is 10.1. The number of nitrogens with zero attached hydrogens (tertiary/aromatic N) is 4. The summed E-state index contributed by atoms with van der Waals surface area (Å²) in [5, 5.41) is 12.3. The third-order valence-corrected chi connectivity index (χ3v) is 5.90. The summed E-state index contributed by atoms with van der Waals surface area (Å²) in [6.07, 6.45) is 1.55. The van der Waals surface area contributed by atoms with Gasteiger partial charge in [0.2, 0.25) is 0 Å². The van der Waals surface area contributed by atoms with Gasteiger partial charge in [0, 0.05) is 17.3 Å². The number of carbonyl (C=O) groups excluding carboxylic acids is 1. The number of benzene rings is 2. The van der Waals surface area contributed by atoms with Crippen LogP contribution >= 0.6 is 23.2 Å². The second-order valence-corrected chi connectivity index (χ2v) is 8.19. The molecule has 2 aromatic carbocycles. The number of hydrogen-bond donors (Lipinski definition) is 1. The van der Waals surface area contributed by atoms with Gasteiger partial charge >= 0.3 is 0 Å². The monoisotopic (exact) mass is 471 g/mol. The summed E-state index contributed by atoms with van der Waals surface area (Å²) in [4.78, 5) is 12.6. The highest BCUT2D eigenvalue weighted by Crippen LogP contribution is 2.22. The van der Waals surface area contributed by atoms with Crippen molar-refractivity contribution in [3.05, 3.63) is 98.7 Å². The largest absolute Gasteiger partial charge is 0.304 e. The smallest absolute Gasteiger partial charge is 0.256 e. The molecule has 0 saturated carbocycles. The first-order valence-electron chi connectivity index (χ1n) is 9.88. The van der Waals surface area contributed by atoms with Gasteiger partial charge in [-0.1, -0.05) is 53.5 Å². The van der Waals surface area contributed by atoms with Crippen LogP contribution in [0.3, 0.4) is 0 Å². The van der Waals surface area contributed by atoms with Gasteiger partial charge in [-0.3, -0.25) is 14.2 Å². The molecular formula is C23H20Cl2FN5O. The van der Waals surface area contributed by atoms with Crippen molar-refractivity contribution in [1.29, 1.82) is 0 Å². The highest BCUT2D eigenvalue weighted by molar-refractivity contribution is 6.33. The average molecular weight is 472 g/mol. The number of nitrogens with one attached hydrogen (secondary N) is 1. The summed E-state index contributed by atoms with van der Waals surface area (Å²) >= 11 is 12.4. The molecule has 6 nitrogen and oxygen atoms in total. The fourth-order valence-corrected chi connectivity index (χ4v) is 3.64. The van der Waals surface area contributed by atoms with Crippen LogP contribution in [-0.2, 0) is 13.1 Å². The highest BCUT2D eigenvalue weighted by Gasteiger charge is 2.14. The number of aromatic nitrogens is 4. The molecule has 4 aromatic rings. The molecule has 9 heteroatoms. The number of aryl methyl sites for hydroxylation is 1. The Morgan fingerprint density at radius 1 is 1.03 bits per heavy atom. The van der Waals surface area contributed by atoms with Crippen molar-refractivity contribution in [3.63, 3.8) is 0 Å². The van der Waals surface area contributed by atoms with E-state index in [0.717, 1.165) is 17.0 Å². The Labute approximate surface area is 194 Å². The number of carbonyl (C=O) groups is 1. The van der Waals surface area contributed by atoms with Crippen LogP contribution in [0.25, 0.3) is 0 Å². The maximum Gasteiger partial charge on any atom is 0.256 e. The highest BCUT2D eigenvalue weighted by atomic mass is 35.5. The first kappa shape index (κ1) is 22.0. The van der Waals surface area contributed by atoms with Gasteiger partial charge in [-0.25, -0.2) is 4.39 Å². The van der Waals surface area contributed by atoms with Crippen LogP contribution < -0.4 is 5.32 Å². The van der Waals surface area contributed by atoms with Gasteiger partial charge in [0.15, 0.2) is 5.82 Å². The minimum absolute atomic E-state index is 0.202. The molecule has 0 aliphatic rings. The Kier molecular flexibility index (Phi) is 6.30. The number of hydrogen-bond acceptors (Lipinski definition) is 3. The van der Waals surface area contributed by atoms with Gasteiger partial charge in [0.25, 0.3) is 5.91 Å². The molecule has 0 atom stereocenters. The SMILES string of the molecule is Cc1nn(Cc2ccc(C(=O)Nc3nn(Cc4ccccc4F)cc3Cl)cc2)c(C)c1Cl. The summed E-state index contributed by atoms with van der Waals surface area (Å²) in [6, 6.07) is 13.6. The molecule has 0 saturated heterocycles. The Hall–Kier alpha value is -3.16. The van der Waals surface area contributed by atoms with Crippen LogP contribution in [0.2, 0.25) is 10.0 Å². The molecule has 0 spiro atoms. The molecule has 1 amide bonds. The minimum Gasteiger partial charge on any atom is -0.304 e. The zero-order valence-corrected chi connectivity index (χ0v) is 19.0. The normalized spacial score (nSPS) is 11.0. The number of rotatable bonds is 6. The van der Waals surface area contributed by atoms with Crippen LogP contribution in [0, 0.1) is 19.7 Å². The van der Waals surface area contributed by atoms with Gasteiger partial charge in [0.1, 0.15) is 10.8 Å². The molecule has 2 aromatic heterocycles. The van der Waals surface area contributed by atoms with Gasteiger partial charge in [-0.05, 0) is 37.6 Å². The van der Waals surface area contributed by atoms with Crippen molar-refractivity contribution < 1.29 is 9.18 Å². The molecule has 1 N–H and O–H groups in total. The van der Waals surface area contributed by atoms with E-state index in [9.17, 15) is 9.18 Å². The lowest BCUT2D eigenvalue weighted by Gasteiger charge is -2.07. The number of anilines is 1. The van der Waals surface area contributed by atoms with Gasteiger partial charge in [-0.15, -0.1) is 0 Å². The van der Waals surface area contributed by atoms with E-state index in [4.69, 9.17) is 23.2 Å². The predicted octanol–water partition coefficient (Wildman–Crippen LogP) is 5.49. The van der Waals surface area contributed by atoms with Gasteiger partial charge < -0.3 is 5.32 Å². The van der Waals surface area contributed by atoms with Crippen LogP contribution in [0.5, 0.6) is 0 Å². The Morgan fingerprint density at radius 2 is 1.75 bits per heavy atom. The average Bonchev–Trinajstić information content (AvgIpc) is 3.23. The maximum absolute atomic E-state index is 13.9. The van der Waals surface area contributed by atoms with Crippen LogP contribution in [-0.4, -0.2) is 25.5 Å². The fourth-order valence-electron chi connectivity index (χ4n) is 3.31. The van der Waals surface area contributed by atoms with E-state index in [-0.39, 0.29) is 29.1 Å². The Balaban J connectivity index is 1.43. The molecular weight excluding hydrogens is 452 g/mol. The van der Waals surface area contributed by atoms with E-state index in [0.29, 0.717) is 22.7 Å². The molecule has 32 heavy (non-hydrogen) atoms. The summed E-state index contributed by atoms with van der Waals surface area (Å²) < 4.78 is 17.2. The second kappa shape index (κ2) is 9.14. The van der Waals surface area contributed by atoms with Gasteiger partial charge in [-0.2, -0.15) is 10.2 Å². The quantitative estimate of drug-likeness (QED) is 0.404. The van der Waals surface area contributed by atoms with E-state index >= 15 is 0 Å². The first-order chi connectivity index (χ1) is 15.3. The summed E-state index contributed by atoms with van der Waals surface area (Å²) in [7, 11) is 0. The number of amides is 1. The number of halogens is 3. The topological polar surface area (TPSA) is 64.7 Å². The molecule has 164 valence electrons. The van der Waals surface area contributed by atoms with Crippen LogP contribution in [0.15, 0.2) is 54.7 Å². The molecule has 0 radical (unpaired) electrons. The molecule has 0 aliphatic heterocycles.